The van der Waals surface area contributed by atoms with E-state index in [-0.39, 0.29) is 5.91 Å². The summed E-state index contributed by atoms with van der Waals surface area (Å²) < 4.78 is 8.24. The summed E-state index contributed by atoms with van der Waals surface area (Å²) >= 11 is 3.08. The van der Waals surface area contributed by atoms with E-state index >= 15 is 0 Å². The van der Waals surface area contributed by atoms with E-state index in [1.165, 1.54) is 16.9 Å². The van der Waals surface area contributed by atoms with Gasteiger partial charge in [-0.2, -0.15) is 4.99 Å². The van der Waals surface area contributed by atoms with Gasteiger partial charge >= 0.3 is 0 Å². The number of nitrogens with zero attached hydrogens (tertiary/aromatic N) is 2. The van der Waals surface area contributed by atoms with E-state index < -0.39 is 0 Å². The topological polar surface area (TPSA) is 43.6 Å². The van der Waals surface area contributed by atoms with Crippen molar-refractivity contribution in [2.45, 2.75) is 5.75 Å². The molecule has 1 amide bonds. The molecule has 0 spiro atoms. The highest BCUT2D eigenvalue weighted by molar-refractivity contribution is 7.99. The number of ether oxygens (including phenoxy) is 1. The summed E-state index contributed by atoms with van der Waals surface area (Å²) in [6, 6.07) is 16.0. The van der Waals surface area contributed by atoms with Crippen LogP contribution in [-0.4, -0.2) is 23.3 Å². The first-order chi connectivity index (χ1) is 11.7. The smallest absolute Gasteiger partial charge is 0.258 e. The predicted molar refractivity (Wildman–Crippen MR) is 101 cm³/mol. The normalized spacial score (nSPS) is 11.8. The summed E-state index contributed by atoms with van der Waals surface area (Å²) in [5, 5.41) is 0. The van der Waals surface area contributed by atoms with Gasteiger partial charge < -0.3 is 9.30 Å². The number of aromatic nitrogens is 1. The maximum atomic E-state index is 12.1. The molecule has 6 heteroatoms. The lowest BCUT2D eigenvalue weighted by molar-refractivity contribution is -0.115. The Bertz CT molecular complexity index is 914. The van der Waals surface area contributed by atoms with Crippen LogP contribution in [0.1, 0.15) is 5.56 Å². The van der Waals surface area contributed by atoms with E-state index in [4.69, 9.17) is 4.74 Å². The number of hydrogen-bond acceptors (Lipinski definition) is 4. The van der Waals surface area contributed by atoms with E-state index in [1.807, 2.05) is 48.0 Å². The fourth-order valence-corrected chi connectivity index (χ4v) is 4.15. The molecule has 1 heterocycles. The van der Waals surface area contributed by atoms with Crippen molar-refractivity contribution in [2.75, 3.05) is 12.9 Å². The number of methoxy groups -OCH3 is 1. The lowest BCUT2D eigenvalue weighted by Crippen LogP contribution is -2.14. The fourth-order valence-electron chi connectivity index (χ4n) is 2.32. The molecule has 1 aromatic heterocycles. The van der Waals surface area contributed by atoms with Gasteiger partial charge in [0.05, 0.1) is 23.1 Å². The number of thiazole rings is 1. The molecule has 0 saturated carbocycles. The van der Waals surface area contributed by atoms with Gasteiger partial charge in [0.2, 0.25) is 0 Å². The maximum Gasteiger partial charge on any atom is 0.258 e. The van der Waals surface area contributed by atoms with Crippen LogP contribution in [0.15, 0.2) is 53.5 Å². The summed E-state index contributed by atoms with van der Waals surface area (Å²) in [6.45, 7) is 0. The van der Waals surface area contributed by atoms with Gasteiger partial charge in [-0.1, -0.05) is 41.7 Å². The van der Waals surface area contributed by atoms with Crippen molar-refractivity contribution in [1.29, 1.82) is 0 Å². The molecule has 0 aliphatic heterocycles. The molecule has 24 heavy (non-hydrogen) atoms. The minimum atomic E-state index is -0.106. The Morgan fingerprint density at radius 1 is 1.25 bits per heavy atom. The van der Waals surface area contributed by atoms with E-state index in [1.54, 1.807) is 18.9 Å². The molecule has 0 atom stereocenters. The average Bonchev–Trinajstić information content (AvgIpc) is 2.91. The summed E-state index contributed by atoms with van der Waals surface area (Å²) in [4.78, 5) is 17.1. The van der Waals surface area contributed by atoms with Gasteiger partial charge in [-0.3, -0.25) is 4.79 Å². The molecule has 0 aliphatic carbocycles. The Morgan fingerprint density at radius 3 is 2.79 bits per heavy atom. The van der Waals surface area contributed by atoms with Crippen LogP contribution >= 0.6 is 23.1 Å². The summed E-state index contributed by atoms with van der Waals surface area (Å²) in [6.07, 6.45) is 0. The minimum absolute atomic E-state index is 0.106. The maximum absolute atomic E-state index is 12.1. The highest BCUT2D eigenvalue weighted by Crippen LogP contribution is 2.22. The molecule has 0 radical (unpaired) electrons. The van der Waals surface area contributed by atoms with Crippen molar-refractivity contribution in [1.82, 2.24) is 4.57 Å². The molecule has 4 nitrogen and oxygen atoms in total. The highest BCUT2D eigenvalue weighted by atomic mass is 32.2. The van der Waals surface area contributed by atoms with Gasteiger partial charge in [0.15, 0.2) is 4.80 Å². The van der Waals surface area contributed by atoms with Gasteiger partial charge in [-0.15, -0.1) is 11.8 Å². The van der Waals surface area contributed by atoms with Crippen LogP contribution in [-0.2, 0) is 17.6 Å². The van der Waals surface area contributed by atoms with Crippen LogP contribution < -0.4 is 9.54 Å². The van der Waals surface area contributed by atoms with Crippen LogP contribution in [0, 0.1) is 0 Å². The number of fused-ring (bicyclic) bond motifs is 1. The highest BCUT2D eigenvalue weighted by Gasteiger charge is 2.06. The SMILES string of the molecule is COc1ccc2c(c1)sc(=NC(=O)CSCc1ccccc1)n2C. The molecule has 3 aromatic rings. The molecule has 0 aliphatic rings. The number of benzene rings is 2. The largest absolute Gasteiger partial charge is 0.497 e. The van der Waals surface area contributed by atoms with Crippen LogP contribution in [0.5, 0.6) is 5.75 Å². The standard InChI is InChI=1S/C18H18N2O2S2/c1-20-15-9-8-14(22-2)10-16(15)24-18(20)19-17(21)12-23-11-13-6-4-3-5-7-13/h3-10H,11-12H2,1-2H3. The van der Waals surface area contributed by atoms with Gasteiger partial charge in [0, 0.05) is 12.8 Å². The van der Waals surface area contributed by atoms with Crippen LogP contribution in [0.3, 0.4) is 0 Å². The van der Waals surface area contributed by atoms with E-state index in [2.05, 4.69) is 17.1 Å². The number of thioether (sulfide) groups is 1. The third kappa shape index (κ3) is 3.88. The zero-order valence-electron chi connectivity index (χ0n) is 13.6. The van der Waals surface area contributed by atoms with Crippen LogP contribution in [0.2, 0.25) is 0 Å². The molecule has 0 fully saturated rings. The molecule has 0 saturated heterocycles. The van der Waals surface area contributed by atoms with Gasteiger partial charge in [0.1, 0.15) is 5.75 Å². The van der Waals surface area contributed by atoms with Gasteiger partial charge in [0.25, 0.3) is 5.91 Å². The zero-order chi connectivity index (χ0) is 16.9. The first kappa shape index (κ1) is 16.8. The molecule has 0 N–H and O–H groups in total. The van der Waals surface area contributed by atoms with Crippen molar-refractivity contribution < 1.29 is 9.53 Å². The second-order valence-corrected chi connectivity index (χ2v) is 7.26. The molecule has 3 rings (SSSR count). The quantitative estimate of drug-likeness (QED) is 0.700. The minimum Gasteiger partial charge on any atom is -0.497 e. The molecular weight excluding hydrogens is 340 g/mol. The lowest BCUT2D eigenvalue weighted by Gasteiger charge is -1.99. The van der Waals surface area contributed by atoms with E-state index in [0.717, 1.165) is 21.7 Å². The third-order valence-corrected chi connectivity index (χ3v) is 5.66. The van der Waals surface area contributed by atoms with Crippen molar-refractivity contribution in [3.05, 3.63) is 58.9 Å². The molecule has 0 bridgehead atoms. The van der Waals surface area contributed by atoms with Gasteiger partial charge in [-0.25, -0.2) is 0 Å². The average molecular weight is 358 g/mol. The van der Waals surface area contributed by atoms with Crippen molar-refractivity contribution >= 4 is 39.2 Å². The number of hydrogen-bond donors (Lipinski definition) is 0. The third-order valence-electron chi connectivity index (χ3n) is 3.57. The Balaban J connectivity index is 1.72. The zero-order valence-corrected chi connectivity index (χ0v) is 15.2. The van der Waals surface area contributed by atoms with E-state index in [9.17, 15) is 4.79 Å². The van der Waals surface area contributed by atoms with Gasteiger partial charge in [-0.05, 0) is 23.8 Å². The van der Waals surface area contributed by atoms with Crippen molar-refractivity contribution in [3.8, 4) is 5.75 Å². The number of carbonyl (C=O) groups is 1. The lowest BCUT2D eigenvalue weighted by atomic mass is 10.2. The number of aryl methyl sites for hydroxylation is 1. The Hall–Kier alpha value is -2.05. The first-order valence-corrected chi connectivity index (χ1v) is 9.47. The number of carbonyl (C=O) groups excluding carboxylic acids is 1. The monoisotopic (exact) mass is 358 g/mol. The van der Waals surface area contributed by atoms with Crippen molar-refractivity contribution in [3.63, 3.8) is 0 Å². The molecule has 0 unspecified atom stereocenters. The molecule has 124 valence electrons. The Morgan fingerprint density at radius 2 is 2.04 bits per heavy atom. The predicted octanol–water partition coefficient (Wildman–Crippen LogP) is 3.61. The molecular formula is C18H18N2O2S2. The summed E-state index contributed by atoms with van der Waals surface area (Å²) in [5.74, 6) is 1.90. The Kier molecular flexibility index (Phi) is 5.37. The van der Waals surface area contributed by atoms with E-state index in [0.29, 0.717) is 10.6 Å². The first-order valence-electron chi connectivity index (χ1n) is 7.50. The van der Waals surface area contributed by atoms with Crippen LogP contribution in [0.4, 0.5) is 0 Å². The summed E-state index contributed by atoms with van der Waals surface area (Å²) in [7, 11) is 3.57. The second-order valence-electron chi connectivity index (χ2n) is 5.26. The fraction of sp³-hybridized carbons (Fsp3) is 0.222. The Labute approximate surface area is 148 Å². The van der Waals surface area contributed by atoms with Crippen molar-refractivity contribution in [2.24, 2.45) is 12.0 Å². The second kappa shape index (κ2) is 7.68. The molecule has 2 aromatic carbocycles. The number of rotatable bonds is 5. The summed E-state index contributed by atoms with van der Waals surface area (Å²) in [5.41, 5.74) is 2.26. The van der Waals surface area contributed by atoms with Crippen LogP contribution in [0.25, 0.3) is 10.2 Å². The number of amides is 1.